The number of hydrogen-bond donors (Lipinski definition) is 3. The molecule has 0 saturated heterocycles. The first kappa shape index (κ1) is 21.0. The molecule has 0 spiro atoms. The van der Waals surface area contributed by atoms with E-state index in [0.717, 1.165) is 11.3 Å². The minimum Gasteiger partial charge on any atom is -0.386 e. The zero-order valence-electron chi connectivity index (χ0n) is 13.8. The summed E-state index contributed by atoms with van der Waals surface area (Å²) in [6.45, 7) is 4.74. The minimum absolute atomic E-state index is 0. The second kappa shape index (κ2) is 8.84. The Hall–Kier alpha value is -0.0900. The lowest BCUT2D eigenvalue weighted by Gasteiger charge is -2.51. The average molecular weight is 474 g/mol. The number of guanidine groups is 1. The molecule has 1 heterocycles. The van der Waals surface area contributed by atoms with Gasteiger partial charge in [-0.25, -0.2) is 0 Å². The highest BCUT2D eigenvalue weighted by molar-refractivity contribution is 14.0. The predicted molar refractivity (Wildman–Crippen MR) is 107 cm³/mol. The van der Waals surface area contributed by atoms with Crippen molar-refractivity contribution in [1.82, 2.24) is 10.6 Å². The number of ether oxygens (including phenoxy) is 1. The van der Waals surface area contributed by atoms with Crippen molar-refractivity contribution >= 4 is 52.9 Å². The molecule has 0 amide bonds. The number of rotatable bonds is 5. The number of aliphatic hydroxyl groups is 1. The minimum atomic E-state index is -0.600. The highest BCUT2D eigenvalue weighted by Gasteiger charge is 2.48. The van der Waals surface area contributed by atoms with E-state index in [1.165, 1.54) is 11.3 Å². The molecule has 0 aliphatic heterocycles. The van der Waals surface area contributed by atoms with Crippen LogP contribution >= 0.6 is 46.9 Å². The van der Waals surface area contributed by atoms with Gasteiger partial charge in [-0.2, -0.15) is 0 Å². The van der Waals surface area contributed by atoms with Gasteiger partial charge in [-0.15, -0.1) is 35.3 Å². The zero-order chi connectivity index (χ0) is 16.3. The van der Waals surface area contributed by atoms with E-state index in [1.54, 1.807) is 20.2 Å². The number of aliphatic imine (C=N–C) groups is 1. The van der Waals surface area contributed by atoms with Crippen LogP contribution in [0.25, 0.3) is 0 Å². The number of methoxy groups -OCH3 is 1. The Kier molecular flexibility index (Phi) is 8.06. The van der Waals surface area contributed by atoms with Gasteiger partial charge in [-0.1, -0.05) is 25.4 Å². The van der Waals surface area contributed by atoms with Crippen LogP contribution in [0, 0.1) is 5.41 Å². The van der Waals surface area contributed by atoms with E-state index >= 15 is 0 Å². The van der Waals surface area contributed by atoms with E-state index in [-0.39, 0.29) is 35.5 Å². The number of thiophene rings is 1. The van der Waals surface area contributed by atoms with Gasteiger partial charge in [0.15, 0.2) is 5.96 Å². The first-order chi connectivity index (χ1) is 10.4. The Bertz CT molecular complexity index is 539. The van der Waals surface area contributed by atoms with Crippen LogP contribution in [0.3, 0.4) is 0 Å². The molecule has 1 saturated carbocycles. The molecule has 5 nitrogen and oxygen atoms in total. The molecule has 1 aromatic heterocycles. The van der Waals surface area contributed by atoms with Gasteiger partial charge in [0.25, 0.3) is 0 Å². The molecule has 0 aromatic carbocycles. The maximum Gasteiger partial charge on any atom is 0.191 e. The summed E-state index contributed by atoms with van der Waals surface area (Å²) >= 11 is 7.27. The van der Waals surface area contributed by atoms with Gasteiger partial charge in [0.1, 0.15) is 6.10 Å². The van der Waals surface area contributed by atoms with Crippen molar-refractivity contribution in [2.45, 2.75) is 38.5 Å². The van der Waals surface area contributed by atoms with E-state index in [1.807, 2.05) is 6.07 Å². The van der Waals surface area contributed by atoms with Crippen LogP contribution < -0.4 is 10.6 Å². The molecular weight excluding hydrogens is 449 g/mol. The first-order valence-electron chi connectivity index (χ1n) is 7.31. The molecule has 3 atom stereocenters. The Balaban J connectivity index is 0.00000264. The molecule has 3 N–H and O–H groups in total. The normalized spacial score (nSPS) is 24.3. The van der Waals surface area contributed by atoms with Crippen LogP contribution in [-0.4, -0.2) is 43.9 Å². The molecule has 1 fully saturated rings. The second-order valence-corrected chi connectivity index (χ2v) is 7.84. The molecule has 3 unspecified atom stereocenters. The standard InChI is InChI=1S/C15H24ClN3O2S.HI/c1-15(2)11(7-12(15)21-4)19-14(17-3)18-8-9(20)10-5-6-13(16)22-10;/h5-6,9,11-12,20H,7-8H2,1-4H3,(H2,17,18,19);1H. The summed E-state index contributed by atoms with van der Waals surface area (Å²) in [5.74, 6) is 0.689. The number of halogens is 2. The maximum atomic E-state index is 10.2. The summed E-state index contributed by atoms with van der Waals surface area (Å²) in [6, 6.07) is 3.94. The zero-order valence-corrected chi connectivity index (χ0v) is 17.7. The van der Waals surface area contributed by atoms with Crippen LogP contribution in [0.1, 0.15) is 31.2 Å². The van der Waals surface area contributed by atoms with E-state index in [2.05, 4.69) is 29.5 Å². The van der Waals surface area contributed by atoms with Crippen molar-refractivity contribution < 1.29 is 9.84 Å². The molecule has 1 aliphatic rings. The van der Waals surface area contributed by atoms with Gasteiger partial charge in [0, 0.05) is 37.0 Å². The van der Waals surface area contributed by atoms with Gasteiger partial charge >= 0.3 is 0 Å². The largest absolute Gasteiger partial charge is 0.386 e. The van der Waals surface area contributed by atoms with Crippen LogP contribution in [0.2, 0.25) is 4.34 Å². The number of nitrogens with one attached hydrogen (secondary N) is 2. The SMILES string of the molecule is CN=C(NCC(O)c1ccc(Cl)s1)NC1CC(OC)C1(C)C.I. The monoisotopic (exact) mass is 473 g/mol. The third kappa shape index (κ3) is 4.94. The first-order valence-corrected chi connectivity index (χ1v) is 8.51. The lowest BCUT2D eigenvalue weighted by molar-refractivity contribution is -0.0922. The Morgan fingerprint density at radius 3 is 2.74 bits per heavy atom. The van der Waals surface area contributed by atoms with E-state index in [9.17, 15) is 5.11 Å². The molecule has 0 radical (unpaired) electrons. The fourth-order valence-electron chi connectivity index (χ4n) is 2.69. The van der Waals surface area contributed by atoms with Crippen molar-refractivity contribution in [2.75, 3.05) is 20.7 Å². The van der Waals surface area contributed by atoms with Crippen LogP contribution in [0.15, 0.2) is 17.1 Å². The highest BCUT2D eigenvalue weighted by Crippen LogP contribution is 2.42. The molecule has 2 rings (SSSR count). The molecular formula is C15H25ClIN3O2S. The summed E-state index contributed by atoms with van der Waals surface area (Å²) in [7, 11) is 3.47. The van der Waals surface area contributed by atoms with E-state index < -0.39 is 6.10 Å². The Labute approximate surface area is 163 Å². The van der Waals surface area contributed by atoms with Gasteiger partial charge in [-0.3, -0.25) is 4.99 Å². The summed E-state index contributed by atoms with van der Waals surface area (Å²) < 4.78 is 6.13. The average Bonchev–Trinajstić information content (AvgIpc) is 2.92. The molecule has 0 bridgehead atoms. The van der Waals surface area contributed by atoms with Crippen molar-refractivity contribution in [1.29, 1.82) is 0 Å². The quantitative estimate of drug-likeness (QED) is 0.349. The van der Waals surface area contributed by atoms with Gasteiger partial charge < -0.3 is 20.5 Å². The molecule has 1 aliphatic carbocycles. The smallest absolute Gasteiger partial charge is 0.191 e. The van der Waals surface area contributed by atoms with Gasteiger partial charge in [0.05, 0.1) is 10.4 Å². The number of hydrogen-bond acceptors (Lipinski definition) is 4. The molecule has 132 valence electrons. The van der Waals surface area contributed by atoms with Gasteiger partial charge in [0.2, 0.25) is 0 Å². The Morgan fingerprint density at radius 1 is 1.57 bits per heavy atom. The van der Waals surface area contributed by atoms with E-state index in [0.29, 0.717) is 22.9 Å². The predicted octanol–water partition coefficient (Wildman–Crippen LogP) is 3.03. The highest BCUT2D eigenvalue weighted by atomic mass is 127. The number of aliphatic hydroxyl groups excluding tert-OH is 1. The van der Waals surface area contributed by atoms with Crippen LogP contribution in [0.5, 0.6) is 0 Å². The van der Waals surface area contributed by atoms with Crippen molar-refractivity contribution in [3.8, 4) is 0 Å². The maximum absolute atomic E-state index is 10.2. The van der Waals surface area contributed by atoms with Crippen LogP contribution in [0.4, 0.5) is 0 Å². The number of nitrogens with zero attached hydrogens (tertiary/aromatic N) is 1. The summed E-state index contributed by atoms with van der Waals surface area (Å²) in [4.78, 5) is 5.06. The van der Waals surface area contributed by atoms with Crippen molar-refractivity contribution in [2.24, 2.45) is 10.4 Å². The second-order valence-electron chi connectivity index (χ2n) is 6.09. The molecule has 1 aromatic rings. The fourth-order valence-corrected chi connectivity index (χ4v) is 3.74. The fraction of sp³-hybridized carbons (Fsp3) is 0.667. The topological polar surface area (TPSA) is 65.9 Å². The molecule has 23 heavy (non-hydrogen) atoms. The lowest BCUT2D eigenvalue weighted by Crippen LogP contribution is -2.63. The van der Waals surface area contributed by atoms with Crippen molar-refractivity contribution in [3.63, 3.8) is 0 Å². The Morgan fingerprint density at radius 2 is 2.26 bits per heavy atom. The summed E-state index contributed by atoms with van der Waals surface area (Å²) in [5.41, 5.74) is 0.0618. The summed E-state index contributed by atoms with van der Waals surface area (Å²) in [6.07, 6.45) is 0.618. The van der Waals surface area contributed by atoms with Crippen molar-refractivity contribution in [3.05, 3.63) is 21.3 Å². The lowest BCUT2D eigenvalue weighted by atomic mass is 9.64. The van der Waals surface area contributed by atoms with Gasteiger partial charge in [-0.05, 0) is 18.6 Å². The summed E-state index contributed by atoms with van der Waals surface area (Å²) in [5, 5.41) is 16.7. The van der Waals surface area contributed by atoms with E-state index in [4.69, 9.17) is 16.3 Å². The third-order valence-electron chi connectivity index (χ3n) is 4.38. The van der Waals surface area contributed by atoms with Crippen LogP contribution in [-0.2, 0) is 4.74 Å². The third-order valence-corrected chi connectivity index (χ3v) is 5.71. The molecule has 8 heteroatoms.